The van der Waals surface area contributed by atoms with Gasteiger partial charge in [0.1, 0.15) is 5.82 Å². The number of rotatable bonds is 11. The summed E-state index contributed by atoms with van der Waals surface area (Å²) in [4.78, 5) is 38.0. The molecule has 2 fully saturated rings. The lowest BCUT2D eigenvalue weighted by Gasteiger charge is -2.38. The van der Waals surface area contributed by atoms with Crippen LogP contribution in [0, 0.1) is 11.7 Å². The summed E-state index contributed by atoms with van der Waals surface area (Å²) in [5, 5.41) is 13.4. The van der Waals surface area contributed by atoms with Crippen LogP contribution in [0.25, 0.3) is 6.08 Å². The van der Waals surface area contributed by atoms with E-state index in [2.05, 4.69) is 5.10 Å². The van der Waals surface area contributed by atoms with Crippen LogP contribution in [-0.2, 0) is 20.9 Å². The van der Waals surface area contributed by atoms with Gasteiger partial charge in [-0.2, -0.15) is 5.10 Å². The number of carboxylic acid groups (broad SMARTS) is 1. The van der Waals surface area contributed by atoms with Crippen LogP contribution in [0.1, 0.15) is 62.7 Å². The maximum absolute atomic E-state index is 14.8. The Hall–Kier alpha value is -2.78. The topological polar surface area (TPSA) is 92.5 Å². The molecule has 0 bridgehead atoms. The molecule has 1 saturated carbocycles. The van der Waals surface area contributed by atoms with Gasteiger partial charge in [0.05, 0.1) is 11.7 Å². The highest BCUT2D eigenvalue weighted by molar-refractivity contribution is 8.14. The fourth-order valence-electron chi connectivity index (χ4n) is 4.71. The van der Waals surface area contributed by atoms with Crippen molar-refractivity contribution < 1.29 is 23.9 Å². The van der Waals surface area contributed by atoms with Crippen LogP contribution in [0.15, 0.2) is 42.1 Å². The van der Waals surface area contributed by atoms with Crippen molar-refractivity contribution in [3.05, 3.63) is 59.2 Å². The predicted octanol–water partition coefficient (Wildman–Crippen LogP) is 4.73. The van der Waals surface area contributed by atoms with Gasteiger partial charge < -0.3 is 5.11 Å². The highest BCUT2D eigenvalue weighted by Gasteiger charge is 2.41. The van der Waals surface area contributed by atoms with Gasteiger partial charge in [0.15, 0.2) is 10.9 Å². The highest BCUT2D eigenvalue weighted by atomic mass is 32.2. The summed E-state index contributed by atoms with van der Waals surface area (Å²) in [6, 6.07) is 7.76. The summed E-state index contributed by atoms with van der Waals surface area (Å²) in [5.74, 6) is -1.11. The number of hydrogen-bond donors (Lipinski definition) is 1. The number of aliphatic carboxylic acids is 1. The van der Waals surface area contributed by atoms with Crippen molar-refractivity contribution >= 4 is 34.7 Å². The maximum Gasteiger partial charge on any atom is 0.303 e. The van der Waals surface area contributed by atoms with Crippen molar-refractivity contribution in [3.8, 4) is 0 Å². The van der Waals surface area contributed by atoms with Crippen molar-refractivity contribution in [2.24, 2.45) is 5.92 Å². The number of nitrogens with zero attached hydrogens (tertiary/aromatic N) is 3. The van der Waals surface area contributed by atoms with E-state index in [1.165, 1.54) is 17.8 Å². The molecule has 1 aromatic carbocycles. The largest absolute Gasteiger partial charge is 0.481 e. The number of carbonyl (C=O) groups excluding carboxylic acids is 2. The van der Waals surface area contributed by atoms with Gasteiger partial charge in [-0.15, -0.1) is 0 Å². The third-order valence-electron chi connectivity index (χ3n) is 6.62. The van der Waals surface area contributed by atoms with Crippen LogP contribution < -0.4 is 0 Å². The fourth-order valence-corrected chi connectivity index (χ4v) is 5.63. The number of benzene rings is 1. The minimum absolute atomic E-state index is 0.0109. The molecule has 2 atom stereocenters. The number of hydrogen-bond acceptors (Lipinski definition) is 6. The van der Waals surface area contributed by atoms with Gasteiger partial charge in [-0.3, -0.25) is 24.0 Å². The summed E-state index contributed by atoms with van der Waals surface area (Å²) in [6.07, 6.45) is 7.66. The third kappa shape index (κ3) is 6.91. The van der Waals surface area contributed by atoms with Crippen molar-refractivity contribution in [2.45, 2.75) is 63.3 Å². The number of unbranched alkanes of at least 4 members (excludes halogenated alkanes) is 1. The first-order valence-corrected chi connectivity index (χ1v) is 13.3. The Morgan fingerprint density at radius 1 is 1.19 bits per heavy atom. The Morgan fingerprint density at radius 3 is 2.67 bits per heavy atom. The molecule has 2 unspecified atom stereocenters. The van der Waals surface area contributed by atoms with E-state index in [1.54, 1.807) is 29.8 Å². The van der Waals surface area contributed by atoms with Gasteiger partial charge in [-0.05, 0) is 55.9 Å². The van der Waals surface area contributed by atoms with Gasteiger partial charge in [0.25, 0.3) is 0 Å². The summed E-state index contributed by atoms with van der Waals surface area (Å²) in [7, 11) is 0. The van der Waals surface area contributed by atoms with E-state index in [-0.39, 0.29) is 34.3 Å². The summed E-state index contributed by atoms with van der Waals surface area (Å²) >= 11 is 1.29. The van der Waals surface area contributed by atoms with Crippen LogP contribution in [0.4, 0.5) is 4.39 Å². The van der Waals surface area contributed by atoms with Crippen molar-refractivity contribution in [3.63, 3.8) is 0 Å². The first kappa shape index (κ1) is 26.3. The van der Waals surface area contributed by atoms with E-state index in [0.717, 1.165) is 24.1 Å². The van der Waals surface area contributed by atoms with E-state index >= 15 is 0 Å². The second-order valence-corrected chi connectivity index (χ2v) is 10.9. The second-order valence-electron chi connectivity index (χ2n) is 9.53. The standard InChI is InChI=1S/C27H32FN3O4S/c1-18(32)36-24-12-14-30(26(27(35)19-9-10-19)22-6-2-3-7-23(22)28)17-20(24)16-21-11-15-31(29-21)13-5-4-8-25(33)34/h2-3,6-7,11,15-16,19,24,26H,4-5,8-10,12-14,17H2,1H3,(H,33,34)/b20-16+. The van der Waals surface area contributed by atoms with Crippen LogP contribution in [0.3, 0.4) is 0 Å². The Kier molecular flexibility index (Phi) is 8.74. The van der Waals surface area contributed by atoms with E-state index in [9.17, 15) is 18.8 Å². The number of carbonyl (C=O) groups is 3. The van der Waals surface area contributed by atoms with Crippen molar-refractivity contribution in [1.29, 1.82) is 0 Å². The quantitative estimate of drug-likeness (QED) is 0.434. The molecule has 1 N–H and O–H groups in total. The molecule has 1 aliphatic heterocycles. The molecule has 1 saturated heterocycles. The summed E-state index contributed by atoms with van der Waals surface area (Å²) in [5.41, 5.74) is 2.15. The predicted molar refractivity (Wildman–Crippen MR) is 137 cm³/mol. The number of halogens is 1. The number of aryl methyl sites for hydroxylation is 1. The van der Waals surface area contributed by atoms with Crippen LogP contribution in [0.2, 0.25) is 0 Å². The molecular formula is C27H32FN3O4S. The lowest BCUT2D eigenvalue weighted by molar-refractivity contribution is -0.137. The highest BCUT2D eigenvalue weighted by Crippen LogP contribution is 2.40. The maximum atomic E-state index is 14.8. The molecule has 2 aromatic rings. The van der Waals surface area contributed by atoms with E-state index < -0.39 is 12.0 Å². The molecule has 1 aliphatic carbocycles. The van der Waals surface area contributed by atoms with E-state index in [0.29, 0.717) is 44.5 Å². The zero-order valence-corrected chi connectivity index (χ0v) is 21.3. The Labute approximate surface area is 214 Å². The minimum atomic E-state index is -0.800. The van der Waals surface area contributed by atoms with Crippen LogP contribution in [-0.4, -0.2) is 55.0 Å². The van der Waals surface area contributed by atoms with Crippen molar-refractivity contribution in [1.82, 2.24) is 14.7 Å². The third-order valence-corrected chi connectivity index (χ3v) is 7.78. The molecule has 2 aliphatic rings. The SMILES string of the molecule is CC(=O)SC1CCN(C(C(=O)C2CC2)c2ccccc2F)C/C1=C\c1ccn(CCCCC(=O)O)n1. The molecule has 1 aromatic heterocycles. The average molecular weight is 514 g/mol. The molecule has 7 nitrogen and oxygen atoms in total. The summed E-state index contributed by atoms with van der Waals surface area (Å²) in [6.45, 7) is 3.23. The van der Waals surface area contributed by atoms with Crippen molar-refractivity contribution in [2.75, 3.05) is 13.1 Å². The molecule has 0 amide bonds. The van der Waals surface area contributed by atoms with Gasteiger partial charge in [0.2, 0.25) is 0 Å². The van der Waals surface area contributed by atoms with E-state index in [1.807, 2.05) is 23.2 Å². The van der Waals surface area contributed by atoms with Gasteiger partial charge >= 0.3 is 5.97 Å². The lowest BCUT2D eigenvalue weighted by atomic mass is 9.93. The zero-order chi connectivity index (χ0) is 25.7. The minimum Gasteiger partial charge on any atom is -0.481 e. The molecule has 2 heterocycles. The fraction of sp³-hybridized carbons (Fsp3) is 0.481. The zero-order valence-electron chi connectivity index (χ0n) is 20.4. The van der Waals surface area contributed by atoms with Gasteiger partial charge in [0, 0.05) is 55.9 Å². The molecule has 0 radical (unpaired) electrons. The number of thioether (sulfide) groups is 1. The number of aromatic nitrogens is 2. The molecular weight excluding hydrogens is 481 g/mol. The average Bonchev–Trinajstić information content (AvgIpc) is 3.59. The molecule has 4 rings (SSSR count). The molecule has 192 valence electrons. The number of Topliss-reactive ketones (excluding diaryl/α,β-unsaturated/α-hetero) is 1. The molecule has 36 heavy (non-hydrogen) atoms. The Bertz CT molecular complexity index is 1140. The Morgan fingerprint density at radius 2 is 1.97 bits per heavy atom. The molecule has 0 spiro atoms. The first-order valence-electron chi connectivity index (χ1n) is 12.5. The number of ketones is 1. The number of likely N-dealkylation sites (tertiary alicyclic amines) is 1. The number of carboxylic acids is 1. The monoisotopic (exact) mass is 513 g/mol. The smallest absolute Gasteiger partial charge is 0.303 e. The van der Waals surface area contributed by atoms with Gasteiger partial charge in [-0.1, -0.05) is 30.0 Å². The lowest BCUT2D eigenvalue weighted by Crippen LogP contribution is -2.43. The van der Waals surface area contributed by atoms with Crippen LogP contribution >= 0.6 is 11.8 Å². The second kappa shape index (κ2) is 12.0. The molecule has 9 heteroatoms. The van der Waals surface area contributed by atoms with Gasteiger partial charge in [-0.25, -0.2) is 4.39 Å². The number of piperidine rings is 1. The Balaban J connectivity index is 1.55. The summed E-state index contributed by atoms with van der Waals surface area (Å²) < 4.78 is 16.6. The van der Waals surface area contributed by atoms with E-state index in [4.69, 9.17) is 5.11 Å². The first-order chi connectivity index (χ1) is 17.3. The van der Waals surface area contributed by atoms with Crippen LogP contribution in [0.5, 0.6) is 0 Å². The normalized spacial score (nSPS) is 20.4.